The Morgan fingerprint density at radius 1 is 1.09 bits per heavy atom. The number of ether oxygens (including phenoxy) is 1. The molecule has 2 aromatic rings. The minimum absolute atomic E-state index is 0.0578. The van der Waals surface area contributed by atoms with Gasteiger partial charge in [0.25, 0.3) is 5.91 Å². The highest BCUT2D eigenvalue weighted by Gasteiger charge is 2.10. The lowest BCUT2D eigenvalue weighted by atomic mass is 10.3. The zero-order valence-corrected chi connectivity index (χ0v) is 13.8. The molecule has 0 atom stereocenters. The lowest BCUT2D eigenvalue weighted by Crippen LogP contribution is -2.30. The van der Waals surface area contributed by atoms with Gasteiger partial charge in [0.2, 0.25) is 5.95 Å². The smallest absolute Gasteiger partial charge is 0.270 e. The van der Waals surface area contributed by atoms with Crippen LogP contribution >= 0.6 is 0 Å². The van der Waals surface area contributed by atoms with E-state index in [4.69, 9.17) is 4.74 Å². The molecule has 1 aromatic heterocycles. The minimum Gasteiger partial charge on any atom is -0.491 e. The number of aromatic nitrogens is 2. The monoisotopic (exact) mass is 314 g/mol. The topological polar surface area (TPSA) is 76.1 Å². The van der Waals surface area contributed by atoms with Crippen LogP contribution in [0, 0.1) is 0 Å². The molecule has 0 unspecified atom stereocenters. The van der Waals surface area contributed by atoms with Crippen LogP contribution in [0.5, 0.6) is 5.75 Å². The highest BCUT2D eigenvalue weighted by molar-refractivity contribution is 5.92. The zero-order valence-electron chi connectivity index (χ0n) is 13.8. The Bertz CT molecular complexity index is 654. The summed E-state index contributed by atoms with van der Waals surface area (Å²) >= 11 is 0. The van der Waals surface area contributed by atoms with Crippen LogP contribution in [-0.2, 0) is 0 Å². The van der Waals surface area contributed by atoms with Crippen LogP contribution in [0.25, 0.3) is 0 Å². The van der Waals surface area contributed by atoms with E-state index in [0.29, 0.717) is 11.6 Å². The number of nitrogens with zero attached hydrogens (tertiary/aromatic N) is 2. The van der Waals surface area contributed by atoms with Gasteiger partial charge in [0.1, 0.15) is 11.4 Å². The van der Waals surface area contributed by atoms with Gasteiger partial charge in [-0.05, 0) is 58.0 Å². The van der Waals surface area contributed by atoms with Crippen LogP contribution < -0.4 is 15.4 Å². The molecule has 6 heteroatoms. The number of hydrogen-bond acceptors (Lipinski definition) is 5. The minimum atomic E-state index is -0.217. The second-order valence-electron chi connectivity index (χ2n) is 5.71. The van der Waals surface area contributed by atoms with Crippen molar-refractivity contribution in [3.05, 3.63) is 42.2 Å². The zero-order chi connectivity index (χ0) is 16.8. The highest BCUT2D eigenvalue weighted by atomic mass is 16.5. The SMILES string of the molecule is CC(C)NC(=O)c1ccnc(Nc2ccc(OC(C)C)cc2)n1. The summed E-state index contributed by atoms with van der Waals surface area (Å²) in [7, 11) is 0. The first-order chi connectivity index (χ1) is 10.9. The number of benzene rings is 1. The van der Waals surface area contributed by atoms with Crippen molar-refractivity contribution in [1.82, 2.24) is 15.3 Å². The van der Waals surface area contributed by atoms with Gasteiger partial charge in [0.15, 0.2) is 0 Å². The van der Waals surface area contributed by atoms with Crippen molar-refractivity contribution in [2.24, 2.45) is 0 Å². The first-order valence-corrected chi connectivity index (χ1v) is 7.61. The number of anilines is 2. The maximum absolute atomic E-state index is 12.0. The van der Waals surface area contributed by atoms with E-state index in [0.717, 1.165) is 11.4 Å². The van der Waals surface area contributed by atoms with Gasteiger partial charge in [-0.25, -0.2) is 9.97 Å². The van der Waals surface area contributed by atoms with Gasteiger partial charge in [-0.15, -0.1) is 0 Å². The molecule has 0 fully saturated rings. The quantitative estimate of drug-likeness (QED) is 0.856. The molecule has 0 aliphatic heterocycles. The summed E-state index contributed by atoms with van der Waals surface area (Å²) in [5.74, 6) is 0.960. The van der Waals surface area contributed by atoms with E-state index in [1.54, 1.807) is 12.3 Å². The number of amides is 1. The first kappa shape index (κ1) is 16.7. The lowest BCUT2D eigenvalue weighted by molar-refractivity contribution is 0.0938. The van der Waals surface area contributed by atoms with E-state index < -0.39 is 0 Å². The number of carbonyl (C=O) groups is 1. The number of carbonyl (C=O) groups excluding carboxylic acids is 1. The van der Waals surface area contributed by atoms with E-state index >= 15 is 0 Å². The van der Waals surface area contributed by atoms with Gasteiger partial charge < -0.3 is 15.4 Å². The third-order valence-corrected chi connectivity index (χ3v) is 2.79. The van der Waals surface area contributed by atoms with Gasteiger partial charge in [-0.1, -0.05) is 0 Å². The summed E-state index contributed by atoms with van der Waals surface area (Å²) in [4.78, 5) is 20.3. The van der Waals surface area contributed by atoms with Crippen molar-refractivity contribution in [1.29, 1.82) is 0 Å². The largest absolute Gasteiger partial charge is 0.491 e. The fraction of sp³-hybridized carbons (Fsp3) is 0.353. The van der Waals surface area contributed by atoms with Gasteiger partial charge in [0, 0.05) is 17.9 Å². The van der Waals surface area contributed by atoms with E-state index in [2.05, 4.69) is 20.6 Å². The molecule has 0 saturated heterocycles. The molecule has 2 N–H and O–H groups in total. The van der Waals surface area contributed by atoms with Gasteiger partial charge in [-0.2, -0.15) is 0 Å². The molecule has 1 amide bonds. The Morgan fingerprint density at radius 3 is 2.39 bits per heavy atom. The number of rotatable bonds is 6. The van der Waals surface area contributed by atoms with Crippen LogP contribution in [0.15, 0.2) is 36.5 Å². The predicted octanol–water partition coefficient (Wildman–Crippen LogP) is 3.15. The maximum atomic E-state index is 12.0. The van der Waals surface area contributed by atoms with Crippen molar-refractivity contribution in [3.63, 3.8) is 0 Å². The van der Waals surface area contributed by atoms with Crippen LogP contribution in [0.3, 0.4) is 0 Å². The molecule has 6 nitrogen and oxygen atoms in total. The average Bonchev–Trinajstić information content (AvgIpc) is 2.48. The first-order valence-electron chi connectivity index (χ1n) is 7.61. The number of nitrogens with one attached hydrogen (secondary N) is 2. The summed E-state index contributed by atoms with van der Waals surface area (Å²) in [6, 6.07) is 9.14. The molecular weight excluding hydrogens is 292 g/mol. The fourth-order valence-electron chi connectivity index (χ4n) is 1.90. The Labute approximate surface area is 136 Å². The maximum Gasteiger partial charge on any atom is 0.270 e. The molecule has 0 aliphatic carbocycles. The van der Waals surface area contributed by atoms with Gasteiger partial charge in [0.05, 0.1) is 6.10 Å². The molecule has 122 valence electrons. The molecule has 0 bridgehead atoms. The van der Waals surface area contributed by atoms with Crippen LogP contribution in [0.1, 0.15) is 38.2 Å². The summed E-state index contributed by atoms with van der Waals surface area (Å²) in [5, 5.41) is 5.88. The molecular formula is C17H22N4O2. The molecule has 0 aliphatic rings. The van der Waals surface area contributed by atoms with E-state index in [1.807, 2.05) is 52.0 Å². The summed E-state index contributed by atoms with van der Waals surface area (Å²) in [6.07, 6.45) is 1.69. The van der Waals surface area contributed by atoms with Crippen molar-refractivity contribution < 1.29 is 9.53 Å². The van der Waals surface area contributed by atoms with Gasteiger partial charge >= 0.3 is 0 Å². The number of hydrogen-bond donors (Lipinski definition) is 2. The van der Waals surface area contributed by atoms with Crippen molar-refractivity contribution in [2.45, 2.75) is 39.8 Å². The Kier molecular flexibility index (Phi) is 5.51. The molecule has 0 spiro atoms. The summed E-state index contributed by atoms with van der Waals surface area (Å²) in [6.45, 7) is 7.76. The molecule has 2 rings (SSSR count). The molecule has 0 saturated carbocycles. The van der Waals surface area contributed by atoms with Gasteiger partial charge in [-0.3, -0.25) is 4.79 Å². The fourth-order valence-corrected chi connectivity index (χ4v) is 1.90. The van der Waals surface area contributed by atoms with Crippen LogP contribution in [-0.4, -0.2) is 28.0 Å². The van der Waals surface area contributed by atoms with Crippen molar-refractivity contribution in [3.8, 4) is 5.75 Å². The van der Waals surface area contributed by atoms with Crippen LogP contribution in [0.2, 0.25) is 0 Å². The summed E-state index contributed by atoms with van der Waals surface area (Å²) < 4.78 is 5.59. The second kappa shape index (κ2) is 7.58. The molecule has 23 heavy (non-hydrogen) atoms. The van der Waals surface area contributed by atoms with E-state index in [-0.39, 0.29) is 18.1 Å². The van der Waals surface area contributed by atoms with Crippen LogP contribution in [0.4, 0.5) is 11.6 Å². The Balaban J connectivity index is 2.06. The predicted molar refractivity (Wildman–Crippen MR) is 90.1 cm³/mol. The normalized spacial score (nSPS) is 10.7. The van der Waals surface area contributed by atoms with E-state index in [9.17, 15) is 4.79 Å². The standard InChI is InChI=1S/C17H22N4O2/c1-11(2)19-16(22)15-9-10-18-17(21-15)20-13-5-7-14(8-6-13)23-12(3)4/h5-12H,1-4H3,(H,19,22)(H,18,20,21). The highest BCUT2D eigenvalue weighted by Crippen LogP contribution is 2.19. The average molecular weight is 314 g/mol. The van der Waals surface area contributed by atoms with Crippen molar-refractivity contribution in [2.75, 3.05) is 5.32 Å². The Hall–Kier alpha value is -2.63. The summed E-state index contributed by atoms with van der Waals surface area (Å²) in [5.41, 5.74) is 1.15. The molecule has 1 heterocycles. The van der Waals surface area contributed by atoms with Crippen molar-refractivity contribution >= 4 is 17.5 Å². The third-order valence-electron chi connectivity index (χ3n) is 2.79. The molecule has 1 aromatic carbocycles. The lowest BCUT2D eigenvalue weighted by Gasteiger charge is -2.11. The second-order valence-corrected chi connectivity index (χ2v) is 5.71. The third kappa shape index (κ3) is 5.25. The molecule has 0 radical (unpaired) electrons. The van der Waals surface area contributed by atoms with E-state index in [1.165, 1.54) is 0 Å². The Morgan fingerprint density at radius 2 is 1.78 bits per heavy atom.